The molecule has 0 N–H and O–H groups in total. The van der Waals surface area contributed by atoms with Crippen LogP contribution < -0.4 is 4.74 Å². The van der Waals surface area contributed by atoms with Gasteiger partial charge in [-0.3, -0.25) is 0 Å². The number of nitrogens with zero attached hydrogens (tertiary/aromatic N) is 1. The van der Waals surface area contributed by atoms with Crippen molar-refractivity contribution in [2.45, 2.75) is 0 Å². The van der Waals surface area contributed by atoms with Crippen molar-refractivity contribution >= 4 is 26.7 Å². The van der Waals surface area contributed by atoms with Gasteiger partial charge in [0, 0.05) is 0 Å². The standard InChI is InChI=1S/C17H9BrFNO/c18-16-13(10-20)6-8-15(17(16)19)21-14-7-5-11-3-1-2-4-12(11)9-14/h1-9H. The van der Waals surface area contributed by atoms with E-state index >= 15 is 0 Å². The zero-order valence-electron chi connectivity index (χ0n) is 10.8. The molecule has 0 saturated heterocycles. The molecule has 0 aliphatic heterocycles. The van der Waals surface area contributed by atoms with Crippen LogP contribution in [0.25, 0.3) is 10.8 Å². The third kappa shape index (κ3) is 2.61. The molecule has 0 aromatic heterocycles. The van der Waals surface area contributed by atoms with E-state index in [9.17, 15) is 4.39 Å². The van der Waals surface area contributed by atoms with Crippen molar-refractivity contribution in [3.63, 3.8) is 0 Å². The van der Waals surface area contributed by atoms with E-state index in [0.717, 1.165) is 10.8 Å². The van der Waals surface area contributed by atoms with Crippen LogP contribution in [-0.2, 0) is 0 Å². The Kier molecular flexibility index (Phi) is 3.59. The lowest BCUT2D eigenvalue weighted by molar-refractivity contribution is 0.441. The zero-order chi connectivity index (χ0) is 14.8. The third-order valence-corrected chi connectivity index (χ3v) is 3.89. The van der Waals surface area contributed by atoms with Gasteiger partial charge in [0.05, 0.1) is 10.0 Å². The molecule has 4 heteroatoms. The van der Waals surface area contributed by atoms with Gasteiger partial charge in [-0.1, -0.05) is 30.3 Å². The Balaban J connectivity index is 1.99. The van der Waals surface area contributed by atoms with E-state index in [-0.39, 0.29) is 15.8 Å². The van der Waals surface area contributed by atoms with E-state index in [2.05, 4.69) is 15.9 Å². The number of hydrogen-bond donors (Lipinski definition) is 0. The number of benzene rings is 3. The van der Waals surface area contributed by atoms with Crippen LogP contribution in [0.1, 0.15) is 5.56 Å². The summed E-state index contributed by atoms with van der Waals surface area (Å²) < 4.78 is 19.8. The monoisotopic (exact) mass is 341 g/mol. The Morgan fingerprint density at radius 2 is 1.76 bits per heavy atom. The van der Waals surface area contributed by atoms with Gasteiger partial charge in [-0.15, -0.1) is 0 Å². The van der Waals surface area contributed by atoms with E-state index < -0.39 is 5.82 Å². The lowest BCUT2D eigenvalue weighted by Gasteiger charge is -2.09. The Morgan fingerprint density at radius 3 is 2.52 bits per heavy atom. The molecule has 3 rings (SSSR count). The van der Waals surface area contributed by atoms with Gasteiger partial charge in [-0.2, -0.15) is 5.26 Å². The molecule has 2 nitrogen and oxygen atoms in total. The Morgan fingerprint density at radius 1 is 1.00 bits per heavy atom. The fraction of sp³-hybridized carbons (Fsp3) is 0. The first-order valence-electron chi connectivity index (χ1n) is 6.24. The fourth-order valence-corrected chi connectivity index (χ4v) is 2.47. The maximum atomic E-state index is 14.1. The quantitative estimate of drug-likeness (QED) is 0.624. The van der Waals surface area contributed by atoms with Gasteiger partial charge in [0.15, 0.2) is 11.6 Å². The Hall–Kier alpha value is -2.38. The van der Waals surface area contributed by atoms with Crippen LogP contribution in [-0.4, -0.2) is 0 Å². The average Bonchev–Trinajstić information content (AvgIpc) is 2.52. The summed E-state index contributed by atoms with van der Waals surface area (Å²) in [5, 5.41) is 11.0. The lowest BCUT2D eigenvalue weighted by Crippen LogP contribution is -1.91. The first-order chi connectivity index (χ1) is 10.2. The highest BCUT2D eigenvalue weighted by Crippen LogP contribution is 2.32. The first-order valence-corrected chi connectivity index (χ1v) is 7.03. The molecular formula is C17H9BrFNO. The van der Waals surface area contributed by atoms with Crippen molar-refractivity contribution in [3.05, 3.63) is 70.5 Å². The van der Waals surface area contributed by atoms with Crippen molar-refractivity contribution < 1.29 is 9.13 Å². The minimum atomic E-state index is -0.581. The van der Waals surface area contributed by atoms with Gasteiger partial charge >= 0.3 is 0 Å². The topological polar surface area (TPSA) is 33.0 Å². The summed E-state index contributed by atoms with van der Waals surface area (Å²) in [6.07, 6.45) is 0. The first kappa shape index (κ1) is 13.6. The van der Waals surface area contributed by atoms with Crippen LogP contribution in [0.2, 0.25) is 0 Å². The van der Waals surface area contributed by atoms with Crippen molar-refractivity contribution in [3.8, 4) is 17.6 Å². The SMILES string of the molecule is N#Cc1ccc(Oc2ccc3ccccc3c2)c(F)c1Br. The molecular weight excluding hydrogens is 333 g/mol. The maximum Gasteiger partial charge on any atom is 0.181 e. The predicted octanol–water partition coefficient (Wildman–Crippen LogP) is 5.41. The molecule has 0 aliphatic carbocycles. The smallest absolute Gasteiger partial charge is 0.181 e. The molecule has 0 bridgehead atoms. The second-order valence-corrected chi connectivity index (χ2v) is 5.26. The van der Waals surface area contributed by atoms with Gasteiger partial charge in [-0.05, 0) is 51.0 Å². The molecule has 0 unspecified atom stereocenters. The lowest BCUT2D eigenvalue weighted by atomic mass is 10.1. The van der Waals surface area contributed by atoms with Crippen molar-refractivity contribution in [1.82, 2.24) is 0 Å². The molecule has 0 radical (unpaired) electrons. The van der Waals surface area contributed by atoms with Gasteiger partial charge in [0.2, 0.25) is 0 Å². The number of rotatable bonds is 2. The van der Waals surface area contributed by atoms with E-state index in [1.54, 1.807) is 6.07 Å². The molecule has 102 valence electrons. The van der Waals surface area contributed by atoms with Gasteiger partial charge in [0.25, 0.3) is 0 Å². The minimum Gasteiger partial charge on any atom is -0.454 e. The van der Waals surface area contributed by atoms with E-state index in [4.69, 9.17) is 10.00 Å². The van der Waals surface area contributed by atoms with E-state index in [1.165, 1.54) is 12.1 Å². The zero-order valence-corrected chi connectivity index (χ0v) is 12.4. The van der Waals surface area contributed by atoms with Crippen molar-refractivity contribution in [2.75, 3.05) is 0 Å². The van der Waals surface area contributed by atoms with Crippen LogP contribution in [0, 0.1) is 17.1 Å². The molecule has 3 aromatic carbocycles. The number of nitriles is 1. The molecule has 21 heavy (non-hydrogen) atoms. The Labute approximate surface area is 129 Å². The highest BCUT2D eigenvalue weighted by atomic mass is 79.9. The van der Waals surface area contributed by atoms with Crippen LogP contribution in [0.4, 0.5) is 4.39 Å². The van der Waals surface area contributed by atoms with Crippen molar-refractivity contribution in [1.29, 1.82) is 5.26 Å². The van der Waals surface area contributed by atoms with Crippen LogP contribution in [0.3, 0.4) is 0 Å². The molecule has 0 spiro atoms. The molecule has 0 atom stereocenters. The molecule has 0 amide bonds. The van der Waals surface area contributed by atoms with Crippen LogP contribution in [0.15, 0.2) is 59.1 Å². The molecule has 0 heterocycles. The fourth-order valence-electron chi connectivity index (χ4n) is 2.05. The second kappa shape index (κ2) is 5.55. The van der Waals surface area contributed by atoms with Gasteiger partial charge in [0.1, 0.15) is 11.8 Å². The minimum absolute atomic E-state index is 0.0798. The van der Waals surface area contributed by atoms with E-state index in [1.807, 2.05) is 42.5 Å². The normalized spacial score (nSPS) is 10.3. The molecule has 0 fully saturated rings. The molecule has 0 saturated carbocycles. The highest BCUT2D eigenvalue weighted by Gasteiger charge is 2.13. The van der Waals surface area contributed by atoms with E-state index in [0.29, 0.717) is 5.75 Å². The molecule has 0 aliphatic rings. The van der Waals surface area contributed by atoms with Crippen LogP contribution >= 0.6 is 15.9 Å². The summed E-state index contributed by atoms with van der Waals surface area (Å²) in [4.78, 5) is 0. The van der Waals surface area contributed by atoms with Gasteiger partial charge in [-0.25, -0.2) is 4.39 Å². The summed E-state index contributed by atoms with van der Waals surface area (Å²) in [6.45, 7) is 0. The summed E-state index contributed by atoms with van der Waals surface area (Å²) >= 11 is 3.07. The summed E-state index contributed by atoms with van der Waals surface area (Å²) in [5.74, 6) is 0.0440. The van der Waals surface area contributed by atoms with Crippen molar-refractivity contribution in [2.24, 2.45) is 0 Å². The summed E-state index contributed by atoms with van der Waals surface area (Å²) in [5.41, 5.74) is 0.235. The second-order valence-electron chi connectivity index (χ2n) is 4.46. The largest absolute Gasteiger partial charge is 0.454 e. The number of hydrogen-bond acceptors (Lipinski definition) is 2. The summed E-state index contributed by atoms with van der Waals surface area (Å²) in [7, 11) is 0. The number of fused-ring (bicyclic) bond motifs is 1. The Bertz CT molecular complexity index is 870. The van der Waals surface area contributed by atoms with Crippen LogP contribution in [0.5, 0.6) is 11.5 Å². The highest BCUT2D eigenvalue weighted by molar-refractivity contribution is 9.10. The third-order valence-electron chi connectivity index (χ3n) is 3.12. The number of halogens is 2. The average molecular weight is 342 g/mol. The maximum absolute atomic E-state index is 14.1. The number of ether oxygens (including phenoxy) is 1. The predicted molar refractivity (Wildman–Crippen MR) is 82.8 cm³/mol. The molecule has 3 aromatic rings. The van der Waals surface area contributed by atoms with Gasteiger partial charge < -0.3 is 4.74 Å². The summed E-state index contributed by atoms with van der Waals surface area (Å²) in [6, 6.07) is 18.3.